The van der Waals surface area contributed by atoms with Gasteiger partial charge in [-0.05, 0) is 42.3 Å². The molecule has 6 heteroatoms. The third kappa shape index (κ3) is 2.96. The highest BCUT2D eigenvalue weighted by molar-refractivity contribution is 6.56. The van der Waals surface area contributed by atoms with E-state index in [-0.39, 0.29) is 10.9 Å². The first kappa shape index (κ1) is 20.3. The van der Waals surface area contributed by atoms with Crippen LogP contribution in [-0.2, 0) is 11.2 Å². The Morgan fingerprint density at radius 2 is 1.79 bits per heavy atom. The topological polar surface area (TPSA) is 70.3 Å². The number of carboxylic acids is 1. The van der Waals surface area contributed by atoms with Crippen molar-refractivity contribution in [3.05, 3.63) is 70.7 Å². The number of allylic oxidation sites excluding steroid dienone is 1. The normalized spacial score (nSPS) is 24.7. The second-order valence-corrected chi connectivity index (χ2v) is 8.44. The Morgan fingerprint density at radius 3 is 2.36 bits per heavy atom. The SMILES string of the molecule is CC1(C)C(C#N)(C=C(Cl)Cl)[C@@]1(Cc1cccc(Oc2ccccc2)c1)C(=O)O. The highest BCUT2D eigenvalue weighted by Crippen LogP contribution is 2.80. The van der Waals surface area contributed by atoms with Gasteiger partial charge in [-0.2, -0.15) is 5.26 Å². The van der Waals surface area contributed by atoms with E-state index in [9.17, 15) is 15.2 Å². The fourth-order valence-corrected chi connectivity index (χ4v) is 4.59. The van der Waals surface area contributed by atoms with E-state index in [4.69, 9.17) is 27.9 Å². The number of hydrogen-bond donors (Lipinski definition) is 1. The molecule has 2 aromatic rings. The fourth-order valence-electron chi connectivity index (χ4n) is 4.26. The van der Waals surface area contributed by atoms with Crippen molar-refractivity contribution in [2.45, 2.75) is 20.3 Å². The first-order chi connectivity index (χ1) is 13.2. The second-order valence-electron chi connectivity index (χ2n) is 7.43. The van der Waals surface area contributed by atoms with Crippen LogP contribution in [0.1, 0.15) is 19.4 Å². The van der Waals surface area contributed by atoms with Gasteiger partial charge in [-0.3, -0.25) is 4.79 Å². The van der Waals surface area contributed by atoms with Crippen molar-refractivity contribution in [1.29, 1.82) is 5.26 Å². The fraction of sp³-hybridized carbons (Fsp3) is 0.273. The Labute approximate surface area is 174 Å². The average molecular weight is 416 g/mol. The minimum atomic E-state index is -1.35. The van der Waals surface area contributed by atoms with E-state index in [1.54, 1.807) is 32.0 Å². The number of halogens is 2. The van der Waals surface area contributed by atoms with Gasteiger partial charge >= 0.3 is 5.97 Å². The number of nitrogens with zero attached hydrogens (tertiary/aromatic N) is 1. The number of ether oxygens (including phenoxy) is 1. The minimum Gasteiger partial charge on any atom is -0.481 e. The summed E-state index contributed by atoms with van der Waals surface area (Å²) in [5.74, 6) is 0.220. The molecule has 0 aromatic heterocycles. The summed E-state index contributed by atoms with van der Waals surface area (Å²) in [6.07, 6.45) is 1.50. The molecule has 0 heterocycles. The zero-order chi connectivity index (χ0) is 20.6. The molecule has 28 heavy (non-hydrogen) atoms. The van der Waals surface area contributed by atoms with Crippen molar-refractivity contribution in [3.63, 3.8) is 0 Å². The highest BCUT2D eigenvalue weighted by Gasteiger charge is 2.86. The predicted octanol–water partition coefficient (Wildman–Crippen LogP) is 5.96. The van der Waals surface area contributed by atoms with E-state index in [1.165, 1.54) is 6.08 Å². The van der Waals surface area contributed by atoms with Crippen LogP contribution < -0.4 is 4.74 Å². The molecule has 2 atom stereocenters. The van der Waals surface area contributed by atoms with Gasteiger partial charge in [-0.25, -0.2) is 0 Å². The van der Waals surface area contributed by atoms with E-state index in [0.29, 0.717) is 11.5 Å². The molecular formula is C22H19Cl2NO3. The van der Waals surface area contributed by atoms with Crippen LogP contribution in [0.25, 0.3) is 0 Å². The van der Waals surface area contributed by atoms with E-state index in [2.05, 4.69) is 6.07 Å². The molecule has 1 unspecified atom stereocenters. The second kappa shape index (κ2) is 7.16. The summed E-state index contributed by atoms with van der Waals surface area (Å²) in [4.78, 5) is 12.3. The standard InChI is InChI=1S/C22H19Cl2NO3/c1-20(2)21(14-25,13-18(23)24)22(20,19(26)27)12-15-7-6-10-17(11-15)28-16-8-4-3-5-9-16/h3-11,13H,12H2,1-2H3,(H,26,27)/t21?,22-/m0/s1. The molecule has 144 valence electrons. The molecule has 0 spiro atoms. The third-order valence-corrected chi connectivity index (χ3v) is 6.10. The van der Waals surface area contributed by atoms with Gasteiger partial charge in [0.1, 0.15) is 26.8 Å². The van der Waals surface area contributed by atoms with Gasteiger partial charge < -0.3 is 9.84 Å². The quantitative estimate of drug-likeness (QED) is 0.631. The molecule has 3 rings (SSSR count). The van der Waals surface area contributed by atoms with Crippen molar-refractivity contribution in [1.82, 2.24) is 0 Å². The summed E-state index contributed by atoms with van der Waals surface area (Å²) in [6.45, 7) is 3.50. The lowest BCUT2D eigenvalue weighted by molar-refractivity contribution is -0.145. The molecule has 0 aliphatic heterocycles. The van der Waals surface area contributed by atoms with Crippen molar-refractivity contribution in [3.8, 4) is 17.6 Å². The van der Waals surface area contributed by atoms with Gasteiger partial charge in [0.15, 0.2) is 0 Å². The summed E-state index contributed by atoms with van der Waals surface area (Å²) in [5.41, 5.74) is -2.76. The number of aliphatic carboxylic acids is 1. The average Bonchev–Trinajstić information content (AvgIpc) is 3.05. The lowest BCUT2D eigenvalue weighted by atomic mass is 9.86. The lowest BCUT2D eigenvalue weighted by Crippen LogP contribution is -2.26. The number of carbonyl (C=O) groups is 1. The highest BCUT2D eigenvalue weighted by atomic mass is 35.5. The number of para-hydroxylation sites is 1. The maximum absolute atomic E-state index is 12.3. The van der Waals surface area contributed by atoms with Crippen LogP contribution in [0.15, 0.2) is 65.2 Å². The summed E-state index contributed by atoms with van der Waals surface area (Å²) >= 11 is 11.6. The number of nitriles is 1. The summed E-state index contributed by atoms with van der Waals surface area (Å²) in [6, 6.07) is 18.7. The van der Waals surface area contributed by atoms with Crippen molar-refractivity contribution >= 4 is 29.2 Å². The van der Waals surface area contributed by atoms with Crippen LogP contribution in [0, 0.1) is 27.6 Å². The first-order valence-corrected chi connectivity index (χ1v) is 9.46. The molecule has 0 radical (unpaired) electrons. The van der Waals surface area contributed by atoms with Gasteiger partial charge in [0.2, 0.25) is 0 Å². The molecule has 1 fully saturated rings. The zero-order valence-corrected chi connectivity index (χ0v) is 17.0. The van der Waals surface area contributed by atoms with E-state index in [1.807, 2.05) is 36.4 Å². The smallest absolute Gasteiger partial charge is 0.312 e. The predicted molar refractivity (Wildman–Crippen MR) is 108 cm³/mol. The Bertz CT molecular complexity index is 977. The van der Waals surface area contributed by atoms with Crippen LogP contribution in [0.2, 0.25) is 0 Å². The Balaban J connectivity index is 1.97. The van der Waals surface area contributed by atoms with Crippen molar-refractivity contribution in [2.75, 3.05) is 0 Å². The number of hydrogen-bond acceptors (Lipinski definition) is 3. The summed E-state index contributed by atoms with van der Waals surface area (Å²) < 4.78 is 5.73. The maximum Gasteiger partial charge on any atom is 0.312 e. The Kier molecular flexibility index (Phi) is 5.18. The monoisotopic (exact) mass is 415 g/mol. The Morgan fingerprint density at radius 1 is 1.14 bits per heavy atom. The molecule has 1 N–H and O–H groups in total. The van der Waals surface area contributed by atoms with Gasteiger partial charge in [0.05, 0.1) is 6.07 Å². The van der Waals surface area contributed by atoms with E-state index < -0.39 is 22.2 Å². The van der Waals surface area contributed by atoms with E-state index in [0.717, 1.165) is 5.56 Å². The van der Waals surface area contributed by atoms with Gasteiger partial charge in [-0.15, -0.1) is 0 Å². The van der Waals surface area contributed by atoms with Crippen LogP contribution in [-0.4, -0.2) is 11.1 Å². The molecular weight excluding hydrogens is 397 g/mol. The van der Waals surface area contributed by atoms with Crippen LogP contribution in [0.4, 0.5) is 0 Å². The van der Waals surface area contributed by atoms with Crippen LogP contribution >= 0.6 is 23.2 Å². The molecule has 2 aromatic carbocycles. The van der Waals surface area contributed by atoms with E-state index >= 15 is 0 Å². The summed E-state index contributed by atoms with van der Waals surface area (Å²) in [5, 5.41) is 19.9. The number of benzene rings is 2. The molecule has 0 amide bonds. The molecule has 0 saturated heterocycles. The lowest BCUT2D eigenvalue weighted by Gasteiger charge is -2.16. The van der Waals surface area contributed by atoms with Crippen LogP contribution in [0.3, 0.4) is 0 Å². The van der Waals surface area contributed by atoms with Gasteiger partial charge in [-0.1, -0.05) is 67.4 Å². The number of carboxylic acid groups (broad SMARTS) is 1. The zero-order valence-electron chi connectivity index (χ0n) is 15.4. The van der Waals surface area contributed by atoms with Crippen molar-refractivity contribution in [2.24, 2.45) is 16.2 Å². The minimum absolute atomic E-state index is 0.112. The first-order valence-electron chi connectivity index (χ1n) is 8.70. The molecule has 1 saturated carbocycles. The molecule has 0 bridgehead atoms. The molecule has 1 aliphatic rings. The third-order valence-electron chi connectivity index (χ3n) is 5.88. The largest absolute Gasteiger partial charge is 0.481 e. The van der Waals surface area contributed by atoms with Gasteiger partial charge in [0, 0.05) is 5.41 Å². The molecule has 4 nitrogen and oxygen atoms in total. The maximum atomic E-state index is 12.3. The van der Waals surface area contributed by atoms with Gasteiger partial charge in [0.25, 0.3) is 0 Å². The number of rotatable bonds is 6. The Hall–Kier alpha value is -2.48. The summed E-state index contributed by atoms with van der Waals surface area (Å²) in [7, 11) is 0. The van der Waals surface area contributed by atoms with Crippen molar-refractivity contribution < 1.29 is 14.6 Å². The van der Waals surface area contributed by atoms with Crippen LogP contribution in [0.5, 0.6) is 11.5 Å². The molecule has 1 aliphatic carbocycles.